The van der Waals surface area contributed by atoms with Crippen molar-refractivity contribution in [2.45, 2.75) is 0 Å². The number of hydrogen-bond acceptors (Lipinski definition) is 5. The fourth-order valence-corrected chi connectivity index (χ4v) is 0.751. The summed E-state index contributed by atoms with van der Waals surface area (Å²) in [6.07, 6.45) is 4.99. The van der Waals surface area contributed by atoms with Crippen LogP contribution < -0.4 is 10.6 Å². The van der Waals surface area contributed by atoms with Crippen LogP contribution in [0.4, 0.5) is 5.95 Å². The zero-order valence-corrected chi connectivity index (χ0v) is 7.69. The van der Waals surface area contributed by atoms with Gasteiger partial charge in [0.05, 0.1) is 20.1 Å². The largest absolute Gasteiger partial charge is 0.298 e. The van der Waals surface area contributed by atoms with Crippen molar-refractivity contribution in [3.8, 4) is 12.3 Å². The van der Waals surface area contributed by atoms with E-state index < -0.39 is 0 Å². The molecule has 1 aromatic rings. The monoisotopic (exact) mass is 194 g/mol. The number of carbonyl (C=O) groups is 1. The van der Waals surface area contributed by atoms with E-state index in [0.717, 1.165) is 0 Å². The van der Waals surface area contributed by atoms with Gasteiger partial charge < -0.3 is 0 Å². The van der Waals surface area contributed by atoms with E-state index >= 15 is 0 Å². The van der Waals surface area contributed by atoms with E-state index in [1.165, 1.54) is 4.80 Å². The first-order valence-electron chi connectivity index (χ1n) is 3.90. The fraction of sp³-hybridized carbons (Fsp3) is 0.429. The highest BCUT2D eigenvalue weighted by atomic mass is 16.2. The Hall–Kier alpha value is -1.94. The van der Waals surface area contributed by atoms with Gasteiger partial charge in [-0.3, -0.25) is 15.4 Å². The molecule has 0 unspecified atom stereocenters. The van der Waals surface area contributed by atoms with E-state index in [0.29, 0.717) is 6.54 Å². The second kappa shape index (κ2) is 4.94. The van der Waals surface area contributed by atoms with E-state index in [-0.39, 0.29) is 18.4 Å². The summed E-state index contributed by atoms with van der Waals surface area (Å²) in [6, 6.07) is 0. The van der Waals surface area contributed by atoms with Crippen molar-refractivity contribution < 1.29 is 4.79 Å². The smallest absolute Gasteiger partial charge is 0.270 e. The minimum absolute atomic E-state index is 0.127. The number of amides is 1. The lowest BCUT2D eigenvalue weighted by Crippen LogP contribution is -2.28. The van der Waals surface area contributed by atoms with Gasteiger partial charge in [0.1, 0.15) is 0 Å². The minimum Gasteiger partial charge on any atom is -0.298 e. The summed E-state index contributed by atoms with van der Waals surface area (Å²) in [5.74, 6) is 2.28. The summed E-state index contributed by atoms with van der Waals surface area (Å²) in [5, 5.41) is 16.1. The van der Waals surface area contributed by atoms with Gasteiger partial charge >= 0.3 is 0 Å². The number of nitrogens with one attached hydrogen (secondary N) is 2. The molecule has 0 radical (unpaired) electrons. The highest BCUT2D eigenvalue weighted by Crippen LogP contribution is 1.90. The normalized spacial score (nSPS) is 9.43. The second-order valence-electron chi connectivity index (χ2n) is 2.46. The Kier molecular flexibility index (Phi) is 3.58. The fourth-order valence-electron chi connectivity index (χ4n) is 0.751. The van der Waals surface area contributed by atoms with Crippen LogP contribution in [0.2, 0.25) is 0 Å². The Morgan fingerprint density at radius 2 is 2.50 bits per heavy atom. The highest BCUT2D eigenvalue weighted by molar-refractivity contribution is 5.90. The molecule has 14 heavy (non-hydrogen) atoms. The van der Waals surface area contributed by atoms with Gasteiger partial charge in [-0.25, -0.2) is 0 Å². The zero-order chi connectivity index (χ0) is 10.4. The minimum atomic E-state index is -0.256. The molecule has 0 spiro atoms. The summed E-state index contributed by atoms with van der Waals surface area (Å²) in [4.78, 5) is 12.4. The number of terminal acetylenes is 1. The van der Waals surface area contributed by atoms with E-state index in [2.05, 4.69) is 32.0 Å². The van der Waals surface area contributed by atoms with Crippen molar-refractivity contribution in [3.05, 3.63) is 0 Å². The lowest BCUT2D eigenvalue weighted by atomic mass is 10.5. The highest BCUT2D eigenvalue weighted by Gasteiger charge is 2.04. The van der Waals surface area contributed by atoms with Gasteiger partial charge in [-0.2, -0.15) is 4.80 Å². The molecule has 0 atom stereocenters. The molecule has 1 rings (SSSR count). The Labute approximate surface area is 80.9 Å². The number of carbonyl (C=O) groups excluding carboxylic acids is 1. The van der Waals surface area contributed by atoms with Gasteiger partial charge in [-0.1, -0.05) is 11.0 Å². The van der Waals surface area contributed by atoms with Crippen molar-refractivity contribution >= 4 is 11.9 Å². The molecule has 1 heterocycles. The van der Waals surface area contributed by atoms with Crippen LogP contribution in [0.15, 0.2) is 0 Å². The number of tetrazole rings is 1. The van der Waals surface area contributed by atoms with Gasteiger partial charge in [0.2, 0.25) is 5.91 Å². The first-order chi connectivity index (χ1) is 6.72. The number of hydrogen-bond donors (Lipinski definition) is 2. The molecule has 0 saturated carbocycles. The van der Waals surface area contributed by atoms with Crippen molar-refractivity contribution in [1.82, 2.24) is 25.5 Å². The molecule has 0 fully saturated rings. The average molecular weight is 194 g/mol. The van der Waals surface area contributed by atoms with Crippen molar-refractivity contribution in [3.63, 3.8) is 0 Å². The van der Waals surface area contributed by atoms with Gasteiger partial charge in [-0.15, -0.1) is 11.5 Å². The van der Waals surface area contributed by atoms with Gasteiger partial charge in [0, 0.05) is 0 Å². The number of anilines is 1. The van der Waals surface area contributed by atoms with Gasteiger partial charge in [0.15, 0.2) is 0 Å². The SMILES string of the molecule is C#CCNCC(=O)Nc1nnn(C)n1. The zero-order valence-electron chi connectivity index (χ0n) is 7.69. The predicted molar refractivity (Wildman–Crippen MR) is 49.1 cm³/mol. The van der Waals surface area contributed by atoms with Gasteiger partial charge in [0.25, 0.3) is 5.95 Å². The molecule has 1 amide bonds. The number of nitrogens with zero attached hydrogens (tertiary/aromatic N) is 4. The van der Waals surface area contributed by atoms with Crippen LogP contribution in [-0.2, 0) is 11.8 Å². The summed E-state index contributed by atoms with van der Waals surface area (Å²) in [7, 11) is 1.61. The third-order valence-corrected chi connectivity index (χ3v) is 1.27. The van der Waals surface area contributed by atoms with Crippen LogP contribution in [0.5, 0.6) is 0 Å². The quantitative estimate of drug-likeness (QED) is 0.444. The predicted octanol–water partition coefficient (Wildman–Crippen LogP) is -1.63. The lowest BCUT2D eigenvalue weighted by molar-refractivity contribution is -0.115. The van der Waals surface area contributed by atoms with Crippen molar-refractivity contribution in [2.24, 2.45) is 7.05 Å². The van der Waals surface area contributed by atoms with Crippen LogP contribution in [0.3, 0.4) is 0 Å². The molecule has 74 valence electrons. The Morgan fingerprint density at radius 1 is 1.71 bits per heavy atom. The molecule has 0 bridgehead atoms. The average Bonchev–Trinajstić information content (AvgIpc) is 2.52. The molecule has 2 N–H and O–H groups in total. The number of aryl methyl sites for hydroxylation is 1. The first kappa shape index (κ1) is 10.1. The summed E-state index contributed by atoms with van der Waals surface area (Å²) < 4.78 is 0. The number of rotatable bonds is 4. The molecule has 0 aliphatic rings. The van der Waals surface area contributed by atoms with E-state index in [4.69, 9.17) is 6.42 Å². The van der Waals surface area contributed by atoms with Crippen molar-refractivity contribution in [2.75, 3.05) is 18.4 Å². The topological polar surface area (TPSA) is 84.7 Å². The Balaban J connectivity index is 2.31. The summed E-state index contributed by atoms with van der Waals surface area (Å²) in [5.41, 5.74) is 0. The standard InChI is InChI=1S/C7H10N6O/c1-3-4-8-5-6(14)9-7-10-12-13(2)11-7/h1,8H,4-5H2,2H3,(H,9,11,14). The molecule has 0 aliphatic heterocycles. The summed E-state index contributed by atoms with van der Waals surface area (Å²) >= 11 is 0. The molecule has 7 nitrogen and oxygen atoms in total. The lowest BCUT2D eigenvalue weighted by Gasteiger charge is -1.99. The first-order valence-corrected chi connectivity index (χ1v) is 3.90. The second-order valence-corrected chi connectivity index (χ2v) is 2.46. The van der Waals surface area contributed by atoms with Crippen LogP contribution in [0.25, 0.3) is 0 Å². The van der Waals surface area contributed by atoms with Crippen molar-refractivity contribution in [1.29, 1.82) is 0 Å². The van der Waals surface area contributed by atoms with Crippen LogP contribution in [-0.4, -0.2) is 39.2 Å². The molecular weight excluding hydrogens is 184 g/mol. The van der Waals surface area contributed by atoms with E-state index in [9.17, 15) is 4.79 Å². The number of aromatic nitrogens is 4. The molecule has 0 saturated heterocycles. The Bertz CT molecular complexity index is 351. The molecular formula is C7H10N6O. The maximum absolute atomic E-state index is 11.1. The van der Waals surface area contributed by atoms with Crippen LogP contribution in [0, 0.1) is 12.3 Å². The molecule has 0 aromatic carbocycles. The Morgan fingerprint density at radius 3 is 3.07 bits per heavy atom. The summed E-state index contributed by atoms with van der Waals surface area (Å²) in [6.45, 7) is 0.476. The maximum Gasteiger partial charge on any atom is 0.270 e. The third kappa shape index (κ3) is 3.20. The molecule has 1 aromatic heterocycles. The van der Waals surface area contributed by atoms with E-state index in [1.54, 1.807) is 7.05 Å². The van der Waals surface area contributed by atoms with Gasteiger partial charge in [-0.05, 0) is 5.21 Å². The van der Waals surface area contributed by atoms with E-state index in [1.807, 2.05) is 0 Å². The van der Waals surface area contributed by atoms with Crippen LogP contribution in [0.1, 0.15) is 0 Å². The maximum atomic E-state index is 11.1. The third-order valence-electron chi connectivity index (χ3n) is 1.27. The molecule has 7 heteroatoms. The van der Waals surface area contributed by atoms with Crippen LogP contribution >= 0.6 is 0 Å². The molecule has 0 aliphatic carbocycles.